The highest BCUT2D eigenvalue weighted by Crippen LogP contribution is 2.20. The summed E-state index contributed by atoms with van der Waals surface area (Å²) in [6.07, 6.45) is 1.98. The minimum absolute atomic E-state index is 0.163. The SMILES string of the molecule is COCCCC(N)CN(C)c1cccc(OC)c1. The zero-order valence-electron chi connectivity index (χ0n) is 11.6. The van der Waals surface area contributed by atoms with Gasteiger partial charge in [-0.25, -0.2) is 0 Å². The number of nitrogens with zero attached hydrogens (tertiary/aromatic N) is 1. The Labute approximate surface area is 110 Å². The summed E-state index contributed by atoms with van der Waals surface area (Å²) in [5.41, 5.74) is 7.22. The minimum atomic E-state index is 0.163. The van der Waals surface area contributed by atoms with Gasteiger partial charge in [0.05, 0.1) is 7.11 Å². The topological polar surface area (TPSA) is 47.7 Å². The second-order valence-electron chi connectivity index (χ2n) is 4.48. The zero-order chi connectivity index (χ0) is 13.4. The second-order valence-corrected chi connectivity index (χ2v) is 4.48. The van der Waals surface area contributed by atoms with E-state index in [1.54, 1.807) is 14.2 Å². The highest BCUT2D eigenvalue weighted by Gasteiger charge is 2.08. The van der Waals surface area contributed by atoms with Crippen molar-refractivity contribution in [1.29, 1.82) is 0 Å². The molecule has 0 aliphatic carbocycles. The Morgan fingerprint density at radius 1 is 1.33 bits per heavy atom. The monoisotopic (exact) mass is 252 g/mol. The third-order valence-corrected chi connectivity index (χ3v) is 2.93. The fraction of sp³-hybridized carbons (Fsp3) is 0.571. The molecule has 0 aromatic heterocycles. The summed E-state index contributed by atoms with van der Waals surface area (Å²) in [6, 6.07) is 8.17. The van der Waals surface area contributed by atoms with Crippen molar-refractivity contribution in [2.75, 3.05) is 39.3 Å². The Balaban J connectivity index is 2.45. The lowest BCUT2D eigenvalue weighted by Crippen LogP contribution is -2.35. The summed E-state index contributed by atoms with van der Waals surface area (Å²) in [5, 5.41) is 0. The van der Waals surface area contributed by atoms with Crippen molar-refractivity contribution in [2.24, 2.45) is 5.73 Å². The number of methoxy groups -OCH3 is 2. The largest absolute Gasteiger partial charge is 0.497 e. The first kappa shape index (κ1) is 14.8. The average Bonchev–Trinajstić information content (AvgIpc) is 2.39. The fourth-order valence-corrected chi connectivity index (χ4v) is 1.89. The molecule has 2 N–H and O–H groups in total. The molecule has 0 bridgehead atoms. The van der Waals surface area contributed by atoms with Crippen molar-refractivity contribution in [2.45, 2.75) is 18.9 Å². The van der Waals surface area contributed by atoms with Crippen LogP contribution in [0.4, 0.5) is 5.69 Å². The van der Waals surface area contributed by atoms with Crippen LogP contribution in [-0.2, 0) is 4.74 Å². The first-order valence-electron chi connectivity index (χ1n) is 6.27. The molecule has 1 aromatic rings. The van der Waals surface area contributed by atoms with Crippen LogP contribution in [0.25, 0.3) is 0 Å². The van der Waals surface area contributed by atoms with Crippen molar-refractivity contribution >= 4 is 5.69 Å². The van der Waals surface area contributed by atoms with Gasteiger partial charge >= 0.3 is 0 Å². The third-order valence-electron chi connectivity index (χ3n) is 2.93. The molecule has 4 nitrogen and oxygen atoms in total. The zero-order valence-corrected chi connectivity index (χ0v) is 11.6. The summed E-state index contributed by atoms with van der Waals surface area (Å²) < 4.78 is 10.2. The van der Waals surface area contributed by atoms with Crippen molar-refractivity contribution in [3.05, 3.63) is 24.3 Å². The van der Waals surface area contributed by atoms with Crippen molar-refractivity contribution in [1.82, 2.24) is 0 Å². The van der Waals surface area contributed by atoms with Crippen LogP contribution in [0.2, 0.25) is 0 Å². The maximum absolute atomic E-state index is 6.09. The van der Waals surface area contributed by atoms with E-state index in [-0.39, 0.29) is 6.04 Å². The summed E-state index contributed by atoms with van der Waals surface area (Å²) in [7, 11) is 5.44. The number of rotatable bonds is 8. The van der Waals surface area contributed by atoms with Crippen LogP contribution in [0, 0.1) is 0 Å². The van der Waals surface area contributed by atoms with Gasteiger partial charge in [-0.1, -0.05) is 6.07 Å². The van der Waals surface area contributed by atoms with Gasteiger partial charge in [0.1, 0.15) is 5.75 Å². The molecule has 0 radical (unpaired) electrons. The van der Waals surface area contributed by atoms with Gasteiger partial charge in [0.2, 0.25) is 0 Å². The number of hydrogen-bond acceptors (Lipinski definition) is 4. The van der Waals surface area contributed by atoms with E-state index in [1.807, 2.05) is 25.2 Å². The van der Waals surface area contributed by atoms with Gasteiger partial charge in [-0.3, -0.25) is 0 Å². The van der Waals surface area contributed by atoms with Crippen LogP contribution in [0.5, 0.6) is 5.75 Å². The molecule has 0 spiro atoms. The van der Waals surface area contributed by atoms with E-state index < -0.39 is 0 Å². The predicted octanol–water partition coefficient (Wildman–Crippen LogP) is 1.89. The molecule has 0 fully saturated rings. The Bertz CT molecular complexity index is 344. The molecule has 0 saturated carbocycles. The smallest absolute Gasteiger partial charge is 0.120 e. The Hall–Kier alpha value is -1.26. The molecule has 0 aliphatic heterocycles. The molecule has 0 amide bonds. The summed E-state index contributed by atoms with van der Waals surface area (Å²) in [6.45, 7) is 1.60. The lowest BCUT2D eigenvalue weighted by Gasteiger charge is -2.23. The van der Waals surface area contributed by atoms with E-state index in [4.69, 9.17) is 15.2 Å². The fourth-order valence-electron chi connectivity index (χ4n) is 1.89. The lowest BCUT2D eigenvalue weighted by molar-refractivity contribution is 0.190. The van der Waals surface area contributed by atoms with Gasteiger partial charge in [0.25, 0.3) is 0 Å². The number of likely N-dealkylation sites (N-methyl/N-ethyl adjacent to an activating group) is 1. The third kappa shape index (κ3) is 4.94. The molecule has 1 unspecified atom stereocenters. The summed E-state index contributed by atoms with van der Waals surface area (Å²) >= 11 is 0. The minimum Gasteiger partial charge on any atom is -0.497 e. The maximum Gasteiger partial charge on any atom is 0.120 e. The number of benzene rings is 1. The first-order chi connectivity index (χ1) is 8.67. The molecular weight excluding hydrogens is 228 g/mol. The van der Waals surface area contributed by atoms with Gasteiger partial charge in [-0.2, -0.15) is 0 Å². The Morgan fingerprint density at radius 2 is 2.11 bits per heavy atom. The van der Waals surface area contributed by atoms with E-state index in [0.29, 0.717) is 0 Å². The first-order valence-corrected chi connectivity index (χ1v) is 6.27. The highest BCUT2D eigenvalue weighted by atomic mass is 16.5. The van der Waals surface area contributed by atoms with Crippen LogP contribution in [-0.4, -0.2) is 40.5 Å². The van der Waals surface area contributed by atoms with Crippen LogP contribution in [0.1, 0.15) is 12.8 Å². The molecule has 1 atom stereocenters. The van der Waals surface area contributed by atoms with Crippen molar-refractivity contribution in [3.63, 3.8) is 0 Å². The standard InChI is InChI=1S/C14H24N2O2/c1-16(11-12(15)6-5-9-17-2)13-7-4-8-14(10-13)18-3/h4,7-8,10,12H,5-6,9,11,15H2,1-3H3. The molecule has 0 aliphatic rings. The quantitative estimate of drug-likeness (QED) is 0.718. The molecule has 102 valence electrons. The number of ether oxygens (including phenoxy) is 2. The number of anilines is 1. The van der Waals surface area contributed by atoms with Crippen LogP contribution in [0.3, 0.4) is 0 Å². The van der Waals surface area contributed by atoms with Gasteiger partial charge in [0, 0.05) is 45.1 Å². The lowest BCUT2D eigenvalue weighted by atomic mass is 10.1. The molecule has 1 aromatic carbocycles. The number of hydrogen-bond donors (Lipinski definition) is 1. The predicted molar refractivity (Wildman–Crippen MR) is 75.3 cm³/mol. The average molecular weight is 252 g/mol. The van der Waals surface area contributed by atoms with E-state index in [2.05, 4.69) is 11.0 Å². The van der Waals surface area contributed by atoms with Gasteiger partial charge in [0.15, 0.2) is 0 Å². The highest BCUT2D eigenvalue weighted by molar-refractivity contribution is 5.50. The van der Waals surface area contributed by atoms with Gasteiger partial charge in [-0.05, 0) is 25.0 Å². The maximum atomic E-state index is 6.09. The van der Waals surface area contributed by atoms with Gasteiger partial charge < -0.3 is 20.1 Å². The molecular formula is C14H24N2O2. The Kier molecular flexibility index (Phi) is 6.54. The molecule has 0 heterocycles. The second kappa shape index (κ2) is 7.95. The van der Waals surface area contributed by atoms with Crippen LogP contribution in [0.15, 0.2) is 24.3 Å². The van der Waals surface area contributed by atoms with E-state index in [9.17, 15) is 0 Å². The Morgan fingerprint density at radius 3 is 2.78 bits per heavy atom. The van der Waals surface area contributed by atoms with E-state index in [1.165, 1.54) is 0 Å². The molecule has 4 heteroatoms. The normalized spacial score (nSPS) is 12.2. The van der Waals surface area contributed by atoms with Gasteiger partial charge in [-0.15, -0.1) is 0 Å². The van der Waals surface area contributed by atoms with Crippen LogP contribution < -0.4 is 15.4 Å². The summed E-state index contributed by atoms with van der Waals surface area (Å²) in [4.78, 5) is 2.15. The van der Waals surface area contributed by atoms with Crippen LogP contribution >= 0.6 is 0 Å². The van der Waals surface area contributed by atoms with E-state index in [0.717, 1.165) is 37.4 Å². The molecule has 18 heavy (non-hydrogen) atoms. The number of nitrogens with two attached hydrogens (primary N) is 1. The summed E-state index contributed by atoms with van der Waals surface area (Å²) in [5.74, 6) is 0.868. The molecule has 0 saturated heterocycles. The van der Waals surface area contributed by atoms with Crippen molar-refractivity contribution in [3.8, 4) is 5.75 Å². The van der Waals surface area contributed by atoms with Crippen molar-refractivity contribution < 1.29 is 9.47 Å². The van der Waals surface area contributed by atoms with E-state index >= 15 is 0 Å². The molecule has 1 rings (SSSR count).